The minimum absolute atomic E-state index is 0.108. The van der Waals surface area contributed by atoms with Crippen molar-refractivity contribution in [1.82, 2.24) is 19.6 Å². The summed E-state index contributed by atoms with van der Waals surface area (Å²) in [7, 11) is 0. The molecule has 0 unspecified atom stereocenters. The molecule has 0 saturated carbocycles. The van der Waals surface area contributed by atoms with Crippen molar-refractivity contribution >= 4 is 5.91 Å². The Kier molecular flexibility index (Phi) is 6.28. The Morgan fingerprint density at radius 2 is 1.83 bits per heavy atom. The van der Waals surface area contributed by atoms with E-state index in [1.807, 2.05) is 17.0 Å². The van der Waals surface area contributed by atoms with Gasteiger partial charge in [0.2, 0.25) is 0 Å². The smallest absolute Gasteiger partial charge is 0.274 e. The minimum Gasteiger partial charge on any atom is -0.337 e. The number of carbonyl (C=O) groups is 1. The molecule has 2 aliphatic heterocycles. The summed E-state index contributed by atoms with van der Waals surface area (Å²) < 4.78 is 15.2. The van der Waals surface area contributed by atoms with E-state index in [0.717, 1.165) is 82.5 Å². The van der Waals surface area contributed by atoms with Crippen molar-refractivity contribution in [3.05, 3.63) is 52.6 Å². The molecular formula is C23H31FN4O. The van der Waals surface area contributed by atoms with Gasteiger partial charge in [-0.25, -0.2) is 4.39 Å². The zero-order chi connectivity index (χ0) is 20.2. The molecule has 0 radical (unpaired) electrons. The summed E-state index contributed by atoms with van der Waals surface area (Å²) in [5, 5.41) is 4.78. The molecule has 5 nitrogen and oxygen atoms in total. The highest BCUT2D eigenvalue weighted by molar-refractivity contribution is 5.94. The molecule has 6 heteroatoms. The van der Waals surface area contributed by atoms with Gasteiger partial charge in [0.25, 0.3) is 5.91 Å². The highest BCUT2D eigenvalue weighted by atomic mass is 19.1. The summed E-state index contributed by atoms with van der Waals surface area (Å²) in [6, 6.07) is 6.76. The second-order valence-corrected chi connectivity index (χ2v) is 8.25. The lowest BCUT2D eigenvalue weighted by Crippen LogP contribution is -2.37. The number of piperidine rings is 1. The largest absolute Gasteiger partial charge is 0.337 e. The van der Waals surface area contributed by atoms with E-state index in [1.165, 1.54) is 24.2 Å². The Bertz CT molecular complexity index is 839. The first-order valence-electron chi connectivity index (χ1n) is 11.0. The molecule has 1 aromatic carbocycles. The Morgan fingerprint density at radius 3 is 2.55 bits per heavy atom. The second kappa shape index (κ2) is 9.08. The van der Waals surface area contributed by atoms with Crippen LogP contribution in [0.4, 0.5) is 4.39 Å². The number of rotatable bonds is 6. The van der Waals surface area contributed by atoms with E-state index in [2.05, 4.69) is 16.5 Å². The molecule has 3 heterocycles. The number of aryl methyl sites for hydroxylation is 1. The highest BCUT2D eigenvalue weighted by Gasteiger charge is 2.30. The molecule has 29 heavy (non-hydrogen) atoms. The highest BCUT2D eigenvalue weighted by Crippen LogP contribution is 2.25. The lowest BCUT2D eigenvalue weighted by molar-refractivity contribution is 0.0715. The van der Waals surface area contributed by atoms with Crippen LogP contribution in [0.15, 0.2) is 24.3 Å². The monoisotopic (exact) mass is 398 g/mol. The van der Waals surface area contributed by atoms with Crippen LogP contribution < -0.4 is 0 Å². The molecule has 2 aromatic rings. The number of benzene rings is 1. The van der Waals surface area contributed by atoms with E-state index in [0.29, 0.717) is 5.69 Å². The molecule has 0 bridgehead atoms. The van der Waals surface area contributed by atoms with E-state index >= 15 is 0 Å². The summed E-state index contributed by atoms with van der Waals surface area (Å²) in [5.74, 6) is -0.0863. The van der Waals surface area contributed by atoms with Gasteiger partial charge in [0, 0.05) is 56.9 Å². The van der Waals surface area contributed by atoms with Crippen molar-refractivity contribution < 1.29 is 9.18 Å². The Hall–Kier alpha value is -2.21. The quantitative estimate of drug-likeness (QED) is 0.746. The van der Waals surface area contributed by atoms with E-state index in [-0.39, 0.29) is 11.7 Å². The first-order valence-corrected chi connectivity index (χ1v) is 11.0. The summed E-state index contributed by atoms with van der Waals surface area (Å²) in [6.45, 7) is 7.37. The molecule has 4 rings (SSSR count). The third-order valence-electron chi connectivity index (χ3n) is 6.12. The number of nitrogens with zero attached hydrogens (tertiary/aromatic N) is 4. The van der Waals surface area contributed by atoms with Crippen LogP contribution in [0.3, 0.4) is 0 Å². The lowest BCUT2D eigenvalue weighted by Gasteiger charge is -2.29. The molecule has 1 fully saturated rings. The summed E-state index contributed by atoms with van der Waals surface area (Å²) in [6.07, 6.45) is 6.22. The summed E-state index contributed by atoms with van der Waals surface area (Å²) >= 11 is 0. The molecule has 156 valence electrons. The fourth-order valence-electron chi connectivity index (χ4n) is 4.49. The Labute approximate surface area is 172 Å². The van der Waals surface area contributed by atoms with Gasteiger partial charge in [-0.1, -0.05) is 19.1 Å². The molecule has 2 aliphatic rings. The van der Waals surface area contributed by atoms with E-state index < -0.39 is 0 Å². The van der Waals surface area contributed by atoms with Crippen molar-refractivity contribution in [3.8, 4) is 0 Å². The first-order chi connectivity index (χ1) is 14.2. The predicted octanol–water partition coefficient (Wildman–Crippen LogP) is 3.66. The minimum atomic E-state index is -0.194. The second-order valence-electron chi connectivity index (χ2n) is 8.25. The van der Waals surface area contributed by atoms with Gasteiger partial charge < -0.3 is 4.90 Å². The van der Waals surface area contributed by atoms with Gasteiger partial charge in [0.1, 0.15) is 5.82 Å². The SMILES string of the molecule is CCCn1nc(C(=O)N2CCCCC2)c2c1CCN(CCc1ccc(F)cc1)C2. The van der Waals surface area contributed by atoms with Crippen LogP contribution >= 0.6 is 0 Å². The number of amides is 1. The third kappa shape index (κ3) is 4.53. The van der Waals surface area contributed by atoms with Gasteiger partial charge in [-0.2, -0.15) is 5.10 Å². The van der Waals surface area contributed by atoms with Crippen molar-refractivity contribution in [3.63, 3.8) is 0 Å². The molecule has 0 aliphatic carbocycles. The van der Waals surface area contributed by atoms with Gasteiger partial charge in [-0.15, -0.1) is 0 Å². The van der Waals surface area contributed by atoms with Gasteiger partial charge in [0.05, 0.1) is 0 Å². The Balaban J connectivity index is 1.50. The zero-order valence-electron chi connectivity index (χ0n) is 17.4. The molecule has 0 N–H and O–H groups in total. The lowest BCUT2D eigenvalue weighted by atomic mass is 10.0. The maximum atomic E-state index is 13.2. The van der Waals surface area contributed by atoms with Crippen LogP contribution in [0.2, 0.25) is 0 Å². The predicted molar refractivity (Wildman–Crippen MR) is 111 cm³/mol. The fourth-order valence-corrected chi connectivity index (χ4v) is 4.49. The first kappa shape index (κ1) is 20.1. The topological polar surface area (TPSA) is 41.4 Å². The number of hydrogen-bond acceptors (Lipinski definition) is 3. The average molecular weight is 399 g/mol. The third-order valence-corrected chi connectivity index (χ3v) is 6.12. The van der Waals surface area contributed by atoms with Gasteiger partial charge in [0.15, 0.2) is 5.69 Å². The maximum Gasteiger partial charge on any atom is 0.274 e. The van der Waals surface area contributed by atoms with Crippen LogP contribution in [0.1, 0.15) is 59.9 Å². The van der Waals surface area contributed by atoms with E-state index in [9.17, 15) is 9.18 Å². The van der Waals surface area contributed by atoms with Crippen molar-refractivity contribution in [2.24, 2.45) is 0 Å². The standard InChI is InChI=1S/C23H31FN4O/c1-2-12-28-21-11-16-26(15-10-18-6-8-19(24)9-7-18)17-20(21)22(25-28)23(29)27-13-4-3-5-14-27/h6-9H,2-5,10-17H2,1H3. The number of hydrogen-bond donors (Lipinski definition) is 0. The summed E-state index contributed by atoms with van der Waals surface area (Å²) in [5.41, 5.74) is 4.18. The normalized spacial score (nSPS) is 17.4. The Morgan fingerprint density at radius 1 is 1.07 bits per heavy atom. The van der Waals surface area contributed by atoms with Crippen LogP contribution in [0.5, 0.6) is 0 Å². The van der Waals surface area contributed by atoms with Crippen LogP contribution in [0.25, 0.3) is 0 Å². The maximum absolute atomic E-state index is 13.2. The van der Waals surface area contributed by atoms with E-state index in [4.69, 9.17) is 5.10 Å². The molecule has 0 atom stereocenters. The zero-order valence-corrected chi connectivity index (χ0v) is 17.4. The van der Waals surface area contributed by atoms with Crippen molar-refractivity contribution in [1.29, 1.82) is 0 Å². The molecule has 1 saturated heterocycles. The van der Waals surface area contributed by atoms with Gasteiger partial charge in [-0.05, 0) is 49.8 Å². The number of likely N-dealkylation sites (tertiary alicyclic amines) is 1. The van der Waals surface area contributed by atoms with Gasteiger partial charge in [-0.3, -0.25) is 14.4 Å². The van der Waals surface area contributed by atoms with Gasteiger partial charge >= 0.3 is 0 Å². The number of fused-ring (bicyclic) bond motifs is 1. The van der Waals surface area contributed by atoms with Crippen LogP contribution in [-0.2, 0) is 25.9 Å². The molecule has 0 spiro atoms. The van der Waals surface area contributed by atoms with Crippen molar-refractivity contribution in [2.75, 3.05) is 26.2 Å². The number of aromatic nitrogens is 2. The molecule has 1 amide bonds. The van der Waals surface area contributed by atoms with Crippen LogP contribution in [0, 0.1) is 5.82 Å². The average Bonchev–Trinajstić information content (AvgIpc) is 3.11. The number of carbonyl (C=O) groups excluding carboxylic acids is 1. The molecular weight excluding hydrogens is 367 g/mol. The van der Waals surface area contributed by atoms with E-state index in [1.54, 1.807) is 0 Å². The van der Waals surface area contributed by atoms with Crippen molar-refractivity contribution in [2.45, 2.75) is 58.5 Å². The molecule has 1 aromatic heterocycles. The summed E-state index contributed by atoms with van der Waals surface area (Å²) in [4.78, 5) is 17.6. The van der Waals surface area contributed by atoms with Crippen LogP contribution in [-0.4, -0.2) is 51.7 Å². The fraction of sp³-hybridized carbons (Fsp3) is 0.565. The number of halogens is 1.